The van der Waals surface area contributed by atoms with Gasteiger partial charge in [0.25, 0.3) is 0 Å². The van der Waals surface area contributed by atoms with E-state index in [4.69, 9.17) is 33.7 Å². The lowest BCUT2D eigenvalue weighted by Crippen LogP contribution is -2.70. The van der Waals surface area contributed by atoms with E-state index in [1.165, 1.54) is 0 Å². The molecule has 6 atom stereocenters. The summed E-state index contributed by atoms with van der Waals surface area (Å²) >= 11 is 0. The van der Waals surface area contributed by atoms with Crippen molar-refractivity contribution in [2.75, 3.05) is 46.2 Å². The van der Waals surface area contributed by atoms with Crippen LogP contribution in [0.15, 0.2) is 102 Å². The lowest BCUT2D eigenvalue weighted by Gasteiger charge is -2.59. The van der Waals surface area contributed by atoms with Gasteiger partial charge in [0, 0.05) is 43.2 Å². The average Bonchev–Trinajstić information content (AvgIpc) is 3.28. The molecule has 6 rings (SSSR count). The minimum Gasteiger partial charge on any atom is -0.459 e. The Hall–Kier alpha value is -5.01. The molecule has 0 bridgehead atoms. The van der Waals surface area contributed by atoms with Gasteiger partial charge >= 0.3 is 6.09 Å². The third kappa shape index (κ3) is 10.9. The number of aldehydes is 1. The van der Waals surface area contributed by atoms with E-state index in [1.807, 2.05) is 68.4 Å². The van der Waals surface area contributed by atoms with E-state index in [0.717, 1.165) is 48.7 Å². The monoisotopic (exact) mass is 838 g/mol. The summed E-state index contributed by atoms with van der Waals surface area (Å²) in [5.41, 5.74) is 4.12. The van der Waals surface area contributed by atoms with Crippen LogP contribution in [0.25, 0.3) is 0 Å². The number of allylic oxidation sites excluding steroid dienone is 1. The molecule has 0 aromatic heterocycles. The average molecular weight is 839 g/mol. The number of carbonyl (C=O) groups excluding carboxylic acids is 2. The summed E-state index contributed by atoms with van der Waals surface area (Å²) in [4.78, 5) is 33.6. The number of ether oxygens (including phenoxy) is 5. The molecule has 3 aromatic carbocycles. The summed E-state index contributed by atoms with van der Waals surface area (Å²) in [5, 5.41) is 24.5. The molecule has 328 valence electrons. The lowest BCUT2D eigenvalue weighted by atomic mass is 9.55. The van der Waals surface area contributed by atoms with Gasteiger partial charge < -0.3 is 38.7 Å². The van der Waals surface area contributed by atoms with Crippen LogP contribution < -0.4 is 9.47 Å². The van der Waals surface area contributed by atoms with E-state index in [2.05, 4.69) is 12.7 Å². The molecule has 2 aliphatic carbocycles. The minimum atomic E-state index is -1.41. The Bertz CT molecular complexity index is 1950. The SMILES string of the molecule is C=CCO[C@@]12Oc3ccc(Oc4cccc(C=O)c4)cc3[C@H]3[C@H](CCCCO)[C@@H](CCCCO)C=C(C(=NOCC)C[C@@H]1N(CCC)C(=O)OCCOCc1ccccc1)[C@H]32. The van der Waals surface area contributed by atoms with Gasteiger partial charge in [-0.3, -0.25) is 9.69 Å². The van der Waals surface area contributed by atoms with Crippen molar-refractivity contribution in [1.29, 1.82) is 0 Å². The second kappa shape index (κ2) is 22.7. The Morgan fingerprint density at radius 2 is 1.75 bits per heavy atom. The smallest absolute Gasteiger partial charge is 0.410 e. The maximum absolute atomic E-state index is 14.4. The van der Waals surface area contributed by atoms with Crippen LogP contribution in [0.3, 0.4) is 0 Å². The summed E-state index contributed by atoms with van der Waals surface area (Å²) in [6.45, 7) is 9.65. The zero-order valence-electron chi connectivity index (χ0n) is 35.6. The number of hydrogen-bond donors (Lipinski definition) is 2. The van der Waals surface area contributed by atoms with Crippen molar-refractivity contribution in [3.63, 3.8) is 0 Å². The summed E-state index contributed by atoms with van der Waals surface area (Å²) in [6.07, 6.45) is 9.77. The van der Waals surface area contributed by atoms with Crippen LogP contribution in [0.1, 0.15) is 92.6 Å². The van der Waals surface area contributed by atoms with Crippen LogP contribution in [-0.4, -0.2) is 91.2 Å². The number of benzene rings is 3. The number of fused-ring (bicyclic) bond motifs is 2. The van der Waals surface area contributed by atoms with Crippen molar-refractivity contribution >= 4 is 18.1 Å². The first kappa shape index (κ1) is 45.5. The highest BCUT2D eigenvalue weighted by Crippen LogP contribution is 2.62. The number of carbonyl (C=O) groups is 2. The molecule has 1 heterocycles. The Kier molecular flexibility index (Phi) is 17.0. The van der Waals surface area contributed by atoms with Gasteiger partial charge in [-0.25, -0.2) is 4.79 Å². The third-order valence-electron chi connectivity index (χ3n) is 11.8. The summed E-state index contributed by atoms with van der Waals surface area (Å²) < 4.78 is 32.6. The number of rotatable bonds is 24. The van der Waals surface area contributed by atoms with Gasteiger partial charge in [0.05, 0.1) is 31.5 Å². The first-order chi connectivity index (χ1) is 29.9. The predicted octanol–water partition coefficient (Wildman–Crippen LogP) is 9.01. The van der Waals surface area contributed by atoms with Gasteiger partial charge in [-0.05, 0) is 92.3 Å². The number of nitrogens with zero attached hydrogens (tertiary/aromatic N) is 2. The summed E-state index contributed by atoms with van der Waals surface area (Å²) in [5.74, 6) is -0.273. The van der Waals surface area contributed by atoms with Gasteiger partial charge in [0.2, 0.25) is 5.79 Å². The molecule has 1 saturated carbocycles. The maximum Gasteiger partial charge on any atom is 0.410 e. The van der Waals surface area contributed by atoms with Gasteiger partial charge in [-0.2, -0.15) is 0 Å². The highest BCUT2D eigenvalue weighted by atomic mass is 16.7. The largest absolute Gasteiger partial charge is 0.459 e. The van der Waals surface area contributed by atoms with Crippen molar-refractivity contribution in [3.8, 4) is 17.2 Å². The highest BCUT2D eigenvalue weighted by molar-refractivity contribution is 6.03. The molecule has 0 saturated heterocycles. The molecule has 0 unspecified atom stereocenters. The fourth-order valence-corrected chi connectivity index (χ4v) is 9.29. The van der Waals surface area contributed by atoms with Crippen LogP contribution in [0.2, 0.25) is 0 Å². The molecule has 1 aliphatic heterocycles. The normalized spacial score (nSPS) is 23.2. The van der Waals surface area contributed by atoms with Crippen LogP contribution in [-0.2, 0) is 25.7 Å². The van der Waals surface area contributed by atoms with Gasteiger partial charge in [0.15, 0.2) is 0 Å². The van der Waals surface area contributed by atoms with Crippen LogP contribution in [0.5, 0.6) is 17.2 Å². The van der Waals surface area contributed by atoms with E-state index in [-0.39, 0.29) is 57.2 Å². The lowest BCUT2D eigenvalue weighted by molar-refractivity contribution is -0.255. The Morgan fingerprint density at radius 3 is 2.49 bits per heavy atom. The van der Waals surface area contributed by atoms with Crippen molar-refractivity contribution in [2.24, 2.45) is 22.9 Å². The first-order valence-corrected chi connectivity index (χ1v) is 21.9. The van der Waals surface area contributed by atoms with Crippen molar-refractivity contribution < 1.29 is 48.3 Å². The number of amides is 1. The maximum atomic E-state index is 14.4. The van der Waals surface area contributed by atoms with Crippen molar-refractivity contribution in [1.82, 2.24) is 4.90 Å². The number of hydrogen-bond acceptors (Lipinski definition) is 11. The molecule has 3 aromatic rings. The van der Waals surface area contributed by atoms with Crippen molar-refractivity contribution in [2.45, 2.75) is 89.6 Å². The number of oxime groups is 1. The number of aliphatic hydroxyl groups excluding tert-OH is 2. The topological polar surface area (TPSA) is 146 Å². The molecule has 61 heavy (non-hydrogen) atoms. The van der Waals surface area contributed by atoms with Gasteiger partial charge in [-0.1, -0.05) is 79.5 Å². The van der Waals surface area contributed by atoms with E-state index in [0.29, 0.717) is 67.5 Å². The molecular formula is C49H62N2O10. The second-order valence-electron chi connectivity index (χ2n) is 15.8. The predicted molar refractivity (Wildman–Crippen MR) is 233 cm³/mol. The third-order valence-corrected chi connectivity index (χ3v) is 11.8. The summed E-state index contributed by atoms with van der Waals surface area (Å²) in [6, 6.07) is 21.9. The molecule has 0 radical (unpaired) electrons. The summed E-state index contributed by atoms with van der Waals surface area (Å²) in [7, 11) is 0. The van der Waals surface area contributed by atoms with E-state index in [1.54, 1.807) is 29.2 Å². The number of unbranched alkanes of at least 4 members (excludes halogenated alkanes) is 2. The van der Waals surface area contributed by atoms with E-state index >= 15 is 0 Å². The molecule has 12 heteroatoms. The van der Waals surface area contributed by atoms with Gasteiger partial charge in [0.1, 0.15) is 42.8 Å². The van der Waals surface area contributed by atoms with E-state index < -0.39 is 23.8 Å². The minimum absolute atomic E-state index is 0.0439. The molecule has 3 aliphatic rings. The number of aliphatic hydroxyl groups is 2. The molecule has 1 fully saturated rings. The fourth-order valence-electron chi connectivity index (χ4n) is 9.29. The van der Waals surface area contributed by atoms with Crippen LogP contribution in [0.4, 0.5) is 4.79 Å². The standard InChI is InChI=1S/C49H62N2O10/c1-4-23-51(48(55)57-28-27-56-34-35-15-8-7-9-16-35)45-32-43(50-59-6-3)41-30-37(18-10-12-24-52)40(20-11-13-25-53)46-42-31-39(60-38-19-14-17-36(29-38)33-54)21-22-44(42)61-49(45,47(41)46)58-26-5-2/h5,7-9,14-17,19,21-22,29-31,33,37,40,45-47,52-53H,2,4,6,10-13,18,20,23-28,32,34H2,1,3H3/t37-,40+,45-,46+,47+,49+/m0/s1. The quantitative estimate of drug-likeness (QED) is 0.0388. The molecule has 12 nitrogen and oxygen atoms in total. The molecule has 0 spiro atoms. The zero-order valence-corrected chi connectivity index (χ0v) is 35.6. The van der Waals surface area contributed by atoms with Crippen LogP contribution >= 0.6 is 0 Å². The Morgan fingerprint density at radius 1 is 0.967 bits per heavy atom. The van der Waals surface area contributed by atoms with Crippen molar-refractivity contribution in [3.05, 3.63) is 114 Å². The molecule has 1 amide bonds. The second-order valence-corrected chi connectivity index (χ2v) is 15.8. The molecule has 2 N–H and O–H groups in total. The first-order valence-electron chi connectivity index (χ1n) is 21.9. The Labute approximate surface area is 360 Å². The fraction of sp³-hybridized carbons (Fsp3) is 0.490. The zero-order chi connectivity index (χ0) is 43.0. The highest BCUT2D eigenvalue weighted by Gasteiger charge is 2.65. The van der Waals surface area contributed by atoms with E-state index in [9.17, 15) is 19.8 Å². The molecular weight excluding hydrogens is 777 g/mol. The van der Waals surface area contributed by atoms with Gasteiger partial charge in [-0.15, -0.1) is 6.58 Å². The Balaban J connectivity index is 1.47. The van der Waals surface area contributed by atoms with Crippen LogP contribution in [0, 0.1) is 17.8 Å².